The van der Waals surface area contributed by atoms with Crippen molar-refractivity contribution in [3.05, 3.63) is 83.7 Å². The third kappa shape index (κ3) is 5.18. The fourth-order valence-electron chi connectivity index (χ4n) is 4.49. The third-order valence-corrected chi connectivity index (χ3v) is 6.45. The maximum Gasteiger partial charge on any atom is 0.416 e. The number of carbonyl (C=O) groups excluding carboxylic acids is 2. The van der Waals surface area contributed by atoms with Gasteiger partial charge in [-0.15, -0.1) is 0 Å². The molecule has 1 unspecified atom stereocenters. The molecule has 1 saturated heterocycles. The summed E-state index contributed by atoms with van der Waals surface area (Å²) in [4.78, 5) is 33.6. The molecule has 4 aromatic rings. The van der Waals surface area contributed by atoms with E-state index in [0.29, 0.717) is 25.2 Å². The van der Waals surface area contributed by atoms with E-state index in [1.807, 2.05) is 49.4 Å². The van der Waals surface area contributed by atoms with Crippen LogP contribution in [0.4, 0.5) is 13.2 Å². The summed E-state index contributed by atoms with van der Waals surface area (Å²) in [6.45, 7) is 2.95. The van der Waals surface area contributed by atoms with Crippen LogP contribution < -0.4 is 0 Å². The largest absolute Gasteiger partial charge is 0.416 e. The number of rotatable bonds is 4. The average molecular weight is 509 g/mol. The van der Waals surface area contributed by atoms with E-state index in [9.17, 15) is 22.8 Å². The van der Waals surface area contributed by atoms with Gasteiger partial charge in [-0.3, -0.25) is 9.59 Å². The molecule has 0 radical (unpaired) electrons. The van der Waals surface area contributed by atoms with Gasteiger partial charge in [0.25, 0.3) is 11.8 Å². The van der Waals surface area contributed by atoms with Crippen LogP contribution >= 0.6 is 0 Å². The highest BCUT2D eigenvalue weighted by Gasteiger charge is 2.32. The minimum atomic E-state index is -4.50. The van der Waals surface area contributed by atoms with Crippen molar-refractivity contribution in [1.82, 2.24) is 19.9 Å². The van der Waals surface area contributed by atoms with E-state index in [2.05, 4.69) is 10.1 Å². The van der Waals surface area contributed by atoms with Gasteiger partial charge in [-0.2, -0.15) is 18.2 Å². The lowest BCUT2D eigenvalue weighted by Gasteiger charge is -2.40. The zero-order chi connectivity index (χ0) is 26.2. The van der Waals surface area contributed by atoms with E-state index in [4.69, 9.17) is 4.52 Å². The number of nitrogens with zero attached hydrogens (tertiary/aromatic N) is 4. The third-order valence-electron chi connectivity index (χ3n) is 6.45. The molecule has 37 heavy (non-hydrogen) atoms. The fraction of sp³-hybridized carbons (Fsp3) is 0.259. The van der Waals surface area contributed by atoms with Crippen LogP contribution in [-0.2, 0) is 17.4 Å². The van der Waals surface area contributed by atoms with Crippen LogP contribution in [0.15, 0.2) is 71.3 Å². The number of halogens is 3. The van der Waals surface area contributed by atoms with Gasteiger partial charge in [0, 0.05) is 36.8 Å². The molecule has 1 atom stereocenters. The molecule has 1 aromatic heterocycles. The van der Waals surface area contributed by atoms with E-state index in [1.54, 1.807) is 9.80 Å². The Kier molecular flexibility index (Phi) is 6.41. The molecular formula is C27H23F3N4O3. The summed E-state index contributed by atoms with van der Waals surface area (Å²) in [5.74, 6) is -0.344. The molecule has 1 fully saturated rings. The average Bonchev–Trinajstić information content (AvgIpc) is 3.36. The first-order chi connectivity index (χ1) is 17.7. The fourth-order valence-corrected chi connectivity index (χ4v) is 4.49. The highest BCUT2D eigenvalue weighted by molar-refractivity contribution is 5.99. The molecule has 3 aromatic carbocycles. The molecular weight excluding hydrogens is 485 g/mol. The van der Waals surface area contributed by atoms with E-state index in [-0.39, 0.29) is 41.6 Å². The van der Waals surface area contributed by atoms with E-state index < -0.39 is 11.7 Å². The number of benzene rings is 3. The summed E-state index contributed by atoms with van der Waals surface area (Å²) >= 11 is 0. The Morgan fingerprint density at radius 1 is 1.00 bits per heavy atom. The molecule has 7 nitrogen and oxygen atoms in total. The molecule has 190 valence electrons. The van der Waals surface area contributed by atoms with Crippen LogP contribution in [0, 0.1) is 0 Å². The van der Waals surface area contributed by atoms with Crippen LogP contribution in [0.25, 0.3) is 22.2 Å². The predicted octanol–water partition coefficient (Wildman–Crippen LogP) is 4.82. The summed E-state index contributed by atoms with van der Waals surface area (Å²) < 4.78 is 44.1. The topological polar surface area (TPSA) is 79.5 Å². The van der Waals surface area contributed by atoms with Gasteiger partial charge in [0.1, 0.15) is 0 Å². The number of hydrogen-bond acceptors (Lipinski definition) is 5. The van der Waals surface area contributed by atoms with Crippen molar-refractivity contribution in [2.45, 2.75) is 25.6 Å². The van der Waals surface area contributed by atoms with Gasteiger partial charge in [0.05, 0.1) is 12.0 Å². The highest BCUT2D eigenvalue weighted by Crippen LogP contribution is 2.31. The van der Waals surface area contributed by atoms with Gasteiger partial charge in [-0.25, -0.2) is 0 Å². The monoisotopic (exact) mass is 508 g/mol. The van der Waals surface area contributed by atoms with Gasteiger partial charge in [-0.1, -0.05) is 41.6 Å². The van der Waals surface area contributed by atoms with Gasteiger partial charge >= 0.3 is 6.18 Å². The van der Waals surface area contributed by atoms with Crippen LogP contribution in [-0.4, -0.2) is 57.4 Å². The van der Waals surface area contributed by atoms with Gasteiger partial charge in [0.15, 0.2) is 5.82 Å². The van der Waals surface area contributed by atoms with E-state index in [0.717, 1.165) is 22.9 Å². The summed E-state index contributed by atoms with van der Waals surface area (Å²) in [5, 5.41) is 5.81. The normalized spacial score (nSPS) is 16.3. The van der Waals surface area contributed by atoms with Crippen LogP contribution in [0.5, 0.6) is 0 Å². The molecule has 1 aliphatic heterocycles. The van der Waals surface area contributed by atoms with Crippen molar-refractivity contribution in [2.24, 2.45) is 0 Å². The summed E-state index contributed by atoms with van der Waals surface area (Å²) in [6, 6.07) is 17.8. The van der Waals surface area contributed by atoms with Gasteiger partial charge in [0.2, 0.25) is 5.91 Å². The standard InChI is InChI=1S/C27H23F3N4O3/c1-17-16-33(11-12-34(17)26(36)21-10-9-18-5-2-3-6-19(18)13-21)24(35)15-23-31-25(37-32-23)20-7-4-8-22(14-20)27(28,29)30/h2-10,13-14,17H,11-12,15-16H2,1H3. The number of carbonyl (C=O) groups is 2. The first-order valence-electron chi connectivity index (χ1n) is 11.8. The summed E-state index contributed by atoms with van der Waals surface area (Å²) in [5.41, 5.74) is -0.111. The smallest absolute Gasteiger partial charge is 0.338 e. The second-order valence-corrected chi connectivity index (χ2v) is 9.02. The van der Waals surface area contributed by atoms with E-state index in [1.165, 1.54) is 12.1 Å². The second kappa shape index (κ2) is 9.68. The van der Waals surface area contributed by atoms with Crippen molar-refractivity contribution in [3.63, 3.8) is 0 Å². The Hall–Kier alpha value is -4.21. The van der Waals surface area contributed by atoms with Crippen molar-refractivity contribution < 1.29 is 27.3 Å². The number of fused-ring (bicyclic) bond motifs is 1. The predicted molar refractivity (Wildman–Crippen MR) is 129 cm³/mol. The Bertz CT molecular complexity index is 1470. The minimum absolute atomic E-state index is 0.0831. The van der Waals surface area contributed by atoms with Crippen molar-refractivity contribution in [1.29, 1.82) is 0 Å². The Morgan fingerprint density at radius 3 is 2.54 bits per heavy atom. The molecule has 2 heterocycles. The first kappa shape index (κ1) is 24.5. The highest BCUT2D eigenvalue weighted by atomic mass is 19.4. The lowest BCUT2D eigenvalue weighted by atomic mass is 10.0. The Balaban J connectivity index is 1.22. The lowest BCUT2D eigenvalue weighted by Crippen LogP contribution is -2.55. The first-order valence-corrected chi connectivity index (χ1v) is 11.8. The minimum Gasteiger partial charge on any atom is -0.338 e. The SMILES string of the molecule is CC1CN(C(=O)Cc2noc(-c3cccc(C(F)(F)F)c3)n2)CCN1C(=O)c1ccc2ccccc2c1. The molecule has 2 amide bonds. The Labute approximate surface area is 210 Å². The Morgan fingerprint density at radius 2 is 1.78 bits per heavy atom. The zero-order valence-corrected chi connectivity index (χ0v) is 19.9. The maximum atomic E-state index is 13.2. The van der Waals surface area contributed by atoms with Crippen molar-refractivity contribution in [3.8, 4) is 11.5 Å². The van der Waals surface area contributed by atoms with Crippen LogP contribution in [0.2, 0.25) is 0 Å². The molecule has 1 aliphatic rings. The number of amides is 2. The molecule has 0 N–H and O–H groups in total. The molecule has 0 saturated carbocycles. The molecule has 0 spiro atoms. The molecule has 0 aliphatic carbocycles. The number of aromatic nitrogens is 2. The lowest BCUT2D eigenvalue weighted by molar-refractivity contribution is -0.137. The van der Waals surface area contributed by atoms with Crippen LogP contribution in [0.1, 0.15) is 28.7 Å². The van der Waals surface area contributed by atoms with Crippen molar-refractivity contribution >= 4 is 22.6 Å². The second-order valence-electron chi connectivity index (χ2n) is 9.02. The van der Waals surface area contributed by atoms with E-state index >= 15 is 0 Å². The van der Waals surface area contributed by atoms with Crippen LogP contribution in [0.3, 0.4) is 0 Å². The van der Waals surface area contributed by atoms with Gasteiger partial charge in [-0.05, 0) is 48.0 Å². The summed E-state index contributed by atoms with van der Waals surface area (Å²) in [7, 11) is 0. The number of hydrogen-bond donors (Lipinski definition) is 0. The maximum absolute atomic E-state index is 13.2. The van der Waals surface area contributed by atoms with Gasteiger partial charge < -0.3 is 14.3 Å². The number of alkyl halides is 3. The zero-order valence-electron chi connectivity index (χ0n) is 19.9. The quantitative estimate of drug-likeness (QED) is 0.395. The molecule has 10 heteroatoms. The molecule has 5 rings (SSSR count). The van der Waals surface area contributed by atoms with Crippen molar-refractivity contribution in [2.75, 3.05) is 19.6 Å². The molecule has 0 bridgehead atoms. The summed E-state index contributed by atoms with van der Waals surface area (Å²) in [6.07, 6.45) is -4.66. The number of piperazine rings is 1.